The minimum atomic E-state index is -0.215. The normalized spacial score (nSPS) is 17.9. The molecule has 108 valence electrons. The number of benzene rings is 1. The van der Waals surface area contributed by atoms with Gasteiger partial charge in [0.15, 0.2) is 0 Å². The average molecular weight is 275 g/mol. The van der Waals surface area contributed by atoms with Gasteiger partial charge in [-0.25, -0.2) is 9.37 Å². The molecule has 1 fully saturated rings. The van der Waals surface area contributed by atoms with Crippen LogP contribution in [-0.4, -0.2) is 9.55 Å². The van der Waals surface area contributed by atoms with Crippen LogP contribution in [0.15, 0.2) is 12.1 Å². The predicted octanol–water partition coefficient (Wildman–Crippen LogP) is 4.04. The Morgan fingerprint density at radius 2 is 2.05 bits per heavy atom. The molecule has 0 spiro atoms. The van der Waals surface area contributed by atoms with Crippen LogP contribution in [0.4, 0.5) is 10.3 Å². The van der Waals surface area contributed by atoms with Gasteiger partial charge in [0.25, 0.3) is 0 Å². The first kappa shape index (κ1) is 13.4. The summed E-state index contributed by atoms with van der Waals surface area (Å²) in [5.74, 6) is 0.290. The fraction of sp³-hybridized carbons (Fsp3) is 0.562. The standard InChI is InChI=1S/C16H22FN3/c1-3-16(6-4-5-7-16)10-20-14-8-11(2)12(17)9-13(14)19-15(20)18/h8-9H,3-7,10H2,1-2H3,(H2,18,19). The van der Waals surface area contributed by atoms with E-state index in [4.69, 9.17) is 5.73 Å². The number of fused-ring (bicyclic) bond motifs is 1. The van der Waals surface area contributed by atoms with E-state index in [9.17, 15) is 4.39 Å². The van der Waals surface area contributed by atoms with Crippen molar-refractivity contribution < 1.29 is 4.39 Å². The predicted molar refractivity (Wildman–Crippen MR) is 80.0 cm³/mol. The molecular formula is C16H22FN3. The van der Waals surface area contributed by atoms with Crippen LogP contribution in [0, 0.1) is 18.2 Å². The second kappa shape index (κ2) is 4.76. The summed E-state index contributed by atoms with van der Waals surface area (Å²) in [6.07, 6.45) is 6.26. The van der Waals surface area contributed by atoms with Gasteiger partial charge in [0, 0.05) is 12.6 Å². The molecular weight excluding hydrogens is 253 g/mol. The molecule has 0 amide bonds. The van der Waals surface area contributed by atoms with Gasteiger partial charge < -0.3 is 10.3 Å². The van der Waals surface area contributed by atoms with Gasteiger partial charge in [-0.05, 0) is 43.2 Å². The van der Waals surface area contributed by atoms with E-state index in [0.29, 0.717) is 22.4 Å². The molecule has 1 heterocycles. The summed E-state index contributed by atoms with van der Waals surface area (Å²) < 4.78 is 15.7. The summed E-state index contributed by atoms with van der Waals surface area (Å²) in [5, 5.41) is 0. The maximum atomic E-state index is 13.6. The number of nitrogens with two attached hydrogens (primary N) is 1. The summed E-state index contributed by atoms with van der Waals surface area (Å²) in [4.78, 5) is 4.32. The van der Waals surface area contributed by atoms with E-state index in [0.717, 1.165) is 18.5 Å². The minimum absolute atomic E-state index is 0.215. The third-order valence-electron chi connectivity index (χ3n) is 4.97. The lowest BCUT2D eigenvalue weighted by Crippen LogP contribution is -2.23. The third kappa shape index (κ3) is 2.07. The highest BCUT2D eigenvalue weighted by Gasteiger charge is 2.33. The number of aryl methyl sites for hydroxylation is 1. The third-order valence-corrected chi connectivity index (χ3v) is 4.97. The van der Waals surface area contributed by atoms with E-state index >= 15 is 0 Å². The first-order chi connectivity index (χ1) is 9.54. The number of nitrogens with zero attached hydrogens (tertiary/aromatic N) is 2. The van der Waals surface area contributed by atoms with Crippen LogP contribution in [0.5, 0.6) is 0 Å². The Morgan fingerprint density at radius 1 is 1.35 bits per heavy atom. The van der Waals surface area contributed by atoms with E-state index in [-0.39, 0.29) is 5.82 Å². The largest absolute Gasteiger partial charge is 0.369 e. The van der Waals surface area contributed by atoms with Crippen LogP contribution in [0.1, 0.15) is 44.6 Å². The average Bonchev–Trinajstić information content (AvgIpc) is 2.99. The molecule has 0 aliphatic heterocycles. The smallest absolute Gasteiger partial charge is 0.201 e. The lowest BCUT2D eigenvalue weighted by atomic mass is 9.83. The second-order valence-corrected chi connectivity index (χ2v) is 6.21. The van der Waals surface area contributed by atoms with Crippen LogP contribution >= 0.6 is 0 Å². The van der Waals surface area contributed by atoms with Crippen molar-refractivity contribution in [1.29, 1.82) is 0 Å². The first-order valence-corrected chi connectivity index (χ1v) is 7.46. The summed E-state index contributed by atoms with van der Waals surface area (Å²) in [6, 6.07) is 3.36. The number of rotatable bonds is 3. The van der Waals surface area contributed by atoms with E-state index < -0.39 is 0 Å². The summed E-state index contributed by atoms with van der Waals surface area (Å²) in [5.41, 5.74) is 8.68. The molecule has 0 unspecified atom stereocenters. The SMILES string of the molecule is CCC1(Cn2c(N)nc3cc(F)c(C)cc32)CCCC1. The van der Waals surface area contributed by atoms with Gasteiger partial charge in [-0.15, -0.1) is 0 Å². The number of hydrogen-bond acceptors (Lipinski definition) is 2. The zero-order valence-corrected chi connectivity index (χ0v) is 12.2. The molecule has 1 aliphatic rings. The monoisotopic (exact) mass is 275 g/mol. The van der Waals surface area contributed by atoms with Gasteiger partial charge in [0.2, 0.25) is 5.95 Å². The highest BCUT2D eigenvalue weighted by Crippen LogP contribution is 2.43. The van der Waals surface area contributed by atoms with Gasteiger partial charge >= 0.3 is 0 Å². The topological polar surface area (TPSA) is 43.8 Å². The van der Waals surface area contributed by atoms with E-state index in [1.165, 1.54) is 31.7 Å². The fourth-order valence-electron chi connectivity index (χ4n) is 3.52. The molecule has 20 heavy (non-hydrogen) atoms. The van der Waals surface area contributed by atoms with Crippen molar-refractivity contribution >= 4 is 17.0 Å². The van der Waals surface area contributed by atoms with Gasteiger partial charge in [0.05, 0.1) is 11.0 Å². The first-order valence-electron chi connectivity index (χ1n) is 7.46. The number of nitrogen functional groups attached to an aromatic ring is 1. The van der Waals surface area contributed by atoms with Gasteiger partial charge in [0.1, 0.15) is 5.82 Å². The number of anilines is 1. The molecule has 3 nitrogen and oxygen atoms in total. The zero-order chi connectivity index (χ0) is 14.3. The van der Waals surface area contributed by atoms with Crippen molar-refractivity contribution in [2.75, 3.05) is 5.73 Å². The molecule has 3 rings (SSSR count). The van der Waals surface area contributed by atoms with Crippen LogP contribution in [0.3, 0.4) is 0 Å². The Kier molecular flexibility index (Phi) is 3.19. The Bertz CT molecular complexity index is 639. The lowest BCUT2D eigenvalue weighted by Gasteiger charge is -2.28. The Balaban J connectivity index is 2.06. The zero-order valence-electron chi connectivity index (χ0n) is 12.2. The molecule has 4 heteroatoms. The molecule has 0 bridgehead atoms. The summed E-state index contributed by atoms with van der Waals surface area (Å²) in [7, 11) is 0. The Labute approximate surface area is 119 Å². The second-order valence-electron chi connectivity index (χ2n) is 6.21. The molecule has 1 aromatic heterocycles. The number of hydrogen-bond donors (Lipinski definition) is 1. The van der Waals surface area contributed by atoms with Crippen molar-refractivity contribution in [2.24, 2.45) is 5.41 Å². The fourth-order valence-corrected chi connectivity index (χ4v) is 3.52. The number of aromatic nitrogens is 2. The lowest BCUT2D eigenvalue weighted by molar-refractivity contribution is 0.242. The Morgan fingerprint density at radius 3 is 2.70 bits per heavy atom. The molecule has 0 radical (unpaired) electrons. The maximum absolute atomic E-state index is 13.6. The van der Waals surface area contributed by atoms with E-state index in [2.05, 4.69) is 16.5 Å². The van der Waals surface area contributed by atoms with Gasteiger partial charge in [-0.3, -0.25) is 0 Å². The molecule has 2 aromatic rings. The van der Waals surface area contributed by atoms with Crippen LogP contribution < -0.4 is 5.73 Å². The highest BCUT2D eigenvalue weighted by molar-refractivity contribution is 5.79. The number of halogens is 1. The maximum Gasteiger partial charge on any atom is 0.201 e. The molecule has 1 aromatic carbocycles. The van der Waals surface area contributed by atoms with Crippen molar-refractivity contribution in [3.63, 3.8) is 0 Å². The molecule has 0 saturated heterocycles. The van der Waals surface area contributed by atoms with Crippen molar-refractivity contribution in [1.82, 2.24) is 9.55 Å². The molecule has 0 atom stereocenters. The van der Waals surface area contributed by atoms with Gasteiger partial charge in [-0.1, -0.05) is 19.8 Å². The van der Waals surface area contributed by atoms with Crippen LogP contribution in [0.2, 0.25) is 0 Å². The van der Waals surface area contributed by atoms with Crippen molar-refractivity contribution in [3.8, 4) is 0 Å². The minimum Gasteiger partial charge on any atom is -0.369 e. The van der Waals surface area contributed by atoms with Gasteiger partial charge in [-0.2, -0.15) is 0 Å². The summed E-state index contributed by atoms with van der Waals surface area (Å²) in [6.45, 7) is 4.94. The highest BCUT2D eigenvalue weighted by atomic mass is 19.1. The van der Waals surface area contributed by atoms with E-state index in [1.54, 1.807) is 6.92 Å². The molecule has 1 saturated carbocycles. The van der Waals surface area contributed by atoms with Crippen LogP contribution in [0.25, 0.3) is 11.0 Å². The molecule has 2 N–H and O–H groups in total. The van der Waals surface area contributed by atoms with Crippen molar-refractivity contribution in [3.05, 3.63) is 23.5 Å². The summed E-state index contributed by atoms with van der Waals surface area (Å²) >= 11 is 0. The number of imidazole rings is 1. The van der Waals surface area contributed by atoms with E-state index in [1.807, 2.05) is 6.07 Å². The van der Waals surface area contributed by atoms with Crippen molar-refractivity contribution in [2.45, 2.75) is 52.5 Å². The van der Waals surface area contributed by atoms with Crippen LogP contribution in [-0.2, 0) is 6.54 Å². The Hall–Kier alpha value is -1.58. The quantitative estimate of drug-likeness (QED) is 0.918. The molecule has 1 aliphatic carbocycles.